The summed E-state index contributed by atoms with van der Waals surface area (Å²) in [6.07, 6.45) is 5.02. The molecule has 18 heavy (non-hydrogen) atoms. The largest absolute Gasteiger partial charge is 0.449 e. The van der Waals surface area contributed by atoms with Gasteiger partial charge in [-0.1, -0.05) is 30.3 Å². The number of carbonyl (C=O) groups is 1. The number of anilines is 1. The van der Waals surface area contributed by atoms with Crippen molar-refractivity contribution in [3.8, 4) is 0 Å². The predicted molar refractivity (Wildman–Crippen MR) is 71.3 cm³/mol. The second kappa shape index (κ2) is 6.64. The average molecular weight is 243 g/mol. The van der Waals surface area contributed by atoms with E-state index in [0.29, 0.717) is 12.3 Å². The fourth-order valence-electron chi connectivity index (χ4n) is 1.81. The van der Waals surface area contributed by atoms with E-state index in [-0.39, 0.29) is 5.91 Å². The molecular weight excluding hydrogens is 226 g/mol. The van der Waals surface area contributed by atoms with E-state index in [9.17, 15) is 4.79 Å². The third-order valence-electron chi connectivity index (χ3n) is 2.75. The van der Waals surface area contributed by atoms with Gasteiger partial charge in [0.15, 0.2) is 5.88 Å². The number of carbonyl (C=O) groups excluding carboxylic acids is 1. The first-order valence-electron chi connectivity index (χ1n) is 6.22. The van der Waals surface area contributed by atoms with Crippen LogP contribution >= 0.6 is 0 Å². The number of unbranched alkanes of at least 4 members (excludes halogenated alkanes) is 1. The second-order valence-electron chi connectivity index (χ2n) is 4.22. The Morgan fingerprint density at radius 3 is 2.61 bits per heavy atom. The molecule has 2 aromatic rings. The highest BCUT2D eigenvalue weighted by atomic mass is 16.3. The molecule has 0 aliphatic heterocycles. The fourth-order valence-corrected chi connectivity index (χ4v) is 1.81. The van der Waals surface area contributed by atoms with E-state index >= 15 is 0 Å². The quantitative estimate of drug-likeness (QED) is 0.787. The normalized spacial score (nSPS) is 10.2. The third kappa shape index (κ3) is 4.09. The molecule has 1 aromatic heterocycles. The summed E-state index contributed by atoms with van der Waals surface area (Å²) in [6, 6.07) is 13.8. The van der Waals surface area contributed by atoms with Gasteiger partial charge in [-0.2, -0.15) is 0 Å². The van der Waals surface area contributed by atoms with Crippen molar-refractivity contribution in [3.05, 3.63) is 54.3 Å². The van der Waals surface area contributed by atoms with Gasteiger partial charge in [-0.05, 0) is 30.9 Å². The maximum Gasteiger partial charge on any atom is 0.226 e. The lowest BCUT2D eigenvalue weighted by atomic mass is 10.1. The van der Waals surface area contributed by atoms with E-state index < -0.39 is 0 Å². The molecular formula is C15H17NO2. The molecule has 1 aromatic carbocycles. The van der Waals surface area contributed by atoms with Crippen LogP contribution in [0, 0.1) is 0 Å². The van der Waals surface area contributed by atoms with Crippen LogP contribution in [0.2, 0.25) is 0 Å². The van der Waals surface area contributed by atoms with Crippen LogP contribution in [0.1, 0.15) is 24.8 Å². The Hall–Kier alpha value is -2.03. The van der Waals surface area contributed by atoms with Gasteiger partial charge in [0.2, 0.25) is 5.91 Å². The van der Waals surface area contributed by atoms with Crippen molar-refractivity contribution in [2.24, 2.45) is 0 Å². The van der Waals surface area contributed by atoms with Gasteiger partial charge in [0.25, 0.3) is 0 Å². The van der Waals surface area contributed by atoms with E-state index in [1.807, 2.05) is 18.2 Å². The highest BCUT2D eigenvalue weighted by Gasteiger charge is 2.03. The smallest absolute Gasteiger partial charge is 0.226 e. The molecule has 0 aliphatic rings. The first-order valence-corrected chi connectivity index (χ1v) is 6.22. The standard InChI is InChI=1S/C15H17NO2/c17-14(16-15-11-6-12-18-15)10-5-4-9-13-7-2-1-3-8-13/h1-3,6-8,11-12H,4-5,9-10H2,(H,16,17). The van der Waals surface area contributed by atoms with E-state index in [1.54, 1.807) is 18.4 Å². The minimum Gasteiger partial charge on any atom is -0.449 e. The zero-order valence-corrected chi connectivity index (χ0v) is 10.3. The number of rotatable bonds is 6. The number of hydrogen-bond donors (Lipinski definition) is 1. The minimum atomic E-state index is 0.0120. The van der Waals surface area contributed by atoms with E-state index in [0.717, 1.165) is 19.3 Å². The molecule has 1 N–H and O–H groups in total. The number of amides is 1. The van der Waals surface area contributed by atoms with Gasteiger partial charge >= 0.3 is 0 Å². The fraction of sp³-hybridized carbons (Fsp3) is 0.267. The number of hydrogen-bond acceptors (Lipinski definition) is 2. The van der Waals surface area contributed by atoms with Crippen LogP contribution in [-0.4, -0.2) is 5.91 Å². The van der Waals surface area contributed by atoms with Crippen LogP contribution in [0.3, 0.4) is 0 Å². The highest BCUT2D eigenvalue weighted by Crippen LogP contribution is 2.09. The molecule has 3 nitrogen and oxygen atoms in total. The Morgan fingerprint density at radius 1 is 1.06 bits per heavy atom. The summed E-state index contributed by atoms with van der Waals surface area (Å²) in [4.78, 5) is 11.6. The van der Waals surface area contributed by atoms with Crippen LogP contribution in [0.25, 0.3) is 0 Å². The van der Waals surface area contributed by atoms with Crippen molar-refractivity contribution < 1.29 is 9.21 Å². The molecule has 0 radical (unpaired) electrons. The van der Waals surface area contributed by atoms with E-state index in [2.05, 4.69) is 17.4 Å². The molecule has 0 saturated carbocycles. The Labute approximate surface area is 107 Å². The molecule has 1 amide bonds. The lowest BCUT2D eigenvalue weighted by Crippen LogP contribution is -2.10. The van der Waals surface area contributed by atoms with Crippen molar-refractivity contribution in [2.75, 3.05) is 5.32 Å². The topological polar surface area (TPSA) is 42.2 Å². The molecule has 3 heteroatoms. The van der Waals surface area contributed by atoms with Crippen LogP contribution in [0.4, 0.5) is 5.88 Å². The van der Waals surface area contributed by atoms with Gasteiger partial charge in [-0.25, -0.2) is 0 Å². The Balaban J connectivity index is 1.62. The Kier molecular flexibility index (Phi) is 4.59. The van der Waals surface area contributed by atoms with Crippen molar-refractivity contribution in [1.29, 1.82) is 0 Å². The molecule has 0 atom stereocenters. The van der Waals surface area contributed by atoms with Gasteiger partial charge in [0.05, 0.1) is 6.26 Å². The van der Waals surface area contributed by atoms with Gasteiger partial charge in [-0.3, -0.25) is 10.1 Å². The number of furan rings is 1. The number of nitrogens with one attached hydrogen (secondary N) is 1. The van der Waals surface area contributed by atoms with Crippen LogP contribution in [0.15, 0.2) is 53.1 Å². The summed E-state index contributed by atoms with van der Waals surface area (Å²) >= 11 is 0. The highest BCUT2D eigenvalue weighted by molar-refractivity contribution is 5.89. The lowest BCUT2D eigenvalue weighted by molar-refractivity contribution is -0.116. The van der Waals surface area contributed by atoms with Crippen molar-refractivity contribution in [1.82, 2.24) is 0 Å². The molecule has 0 fully saturated rings. The summed E-state index contributed by atoms with van der Waals surface area (Å²) in [5, 5.41) is 2.71. The van der Waals surface area contributed by atoms with Gasteiger partial charge in [-0.15, -0.1) is 0 Å². The minimum absolute atomic E-state index is 0.0120. The molecule has 0 bridgehead atoms. The van der Waals surface area contributed by atoms with Crippen molar-refractivity contribution in [3.63, 3.8) is 0 Å². The third-order valence-corrected chi connectivity index (χ3v) is 2.75. The summed E-state index contributed by atoms with van der Waals surface area (Å²) in [5.74, 6) is 0.529. The average Bonchev–Trinajstić information content (AvgIpc) is 2.89. The van der Waals surface area contributed by atoms with Crippen LogP contribution in [-0.2, 0) is 11.2 Å². The summed E-state index contributed by atoms with van der Waals surface area (Å²) < 4.78 is 5.05. The summed E-state index contributed by atoms with van der Waals surface area (Å²) in [6.45, 7) is 0. The van der Waals surface area contributed by atoms with Crippen LogP contribution < -0.4 is 5.32 Å². The molecule has 1 heterocycles. The van der Waals surface area contributed by atoms with Crippen LogP contribution in [0.5, 0.6) is 0 Å². The van der Waals surface area contributed by atoms with E-state index in [1.165, 1.54) is 5.56 Å². The zero-order chi connectivity index (χ0) is 12.6. The first-order chi connectivity index (χ1) is 8.84. The molecule has 0 aliphatic carbocycles. The Bertz CT molecular complexity index is 463. The first kappa shape index (κ1) is 12.4. The zero-order valence-electron chi connectivity index (χ0n) is 10.3. The van der Waals surface area contributed by atoms with Crippen molar-refractivity contribution >= 4 is 11.8 Å². The predicted octanol–water partition coefficient (Wildman–Crippen LogP) is 3.63. The second-order valence-corrected chi connectivity index (χ2v) is 4.22. The lowest BCUT2D eigenvalue weighted by Gasteiger charge is -2.02. The van der Waals surface area contributed by atoms with E-state index in [4.69, 9.17) is 4.42 Å². The number of aryl methyl sites for hydroxylation is 1. The Morgan fingerprint density at radius 2 is 1.89 bits per heavy atom. The maximum absolute atomic E-state index is 11.6. The maximum atomic E-state index is 11.6. The SMILES string of the molecule is O=C(CCCCc1ccccc1)Nc1ccco1. The van der Waals surface area contributed by atoms with Gasteiger partial charge < -0.3 is 4.42 Å². The summed E-state index contributed by atoms with van der Waals surface area (Å²) in [5.41, 5.74) is 1.32. The molecule has 0 spiro atoms. The van der Waals surface area contributed by atoms with Gasteiger partial charge in [0.1, 0.15) is 0 Å². The summed E-state index contributed by atoms with van der Waals surface area (Å²) in [7, 11) is 0. The molecule has 94 valence electrons. The molecule has 2 rings (SSSR count). The molecule has 0 unspecified atom stereocenters. The number of benzene rings is 1. The van der Waals surface area contributed by atoms with Crippen molar-refractivity contribution in [2.45, 2.75) is 25.7 Å². The molecule has 0 saturated heterocycles. The van der Waals surface area contributed by atoms with Gasteiger partial charge in [0, 0.05) is 12.5 Å². The monoisotopic (exact) mass is 243 g/mol.